The van der Waals surface area contributed by atoms with E-state index in [1.54, 1.807) is 24.3 Å². The standard InChI is InChI=1S/C16H15ClN4O2S/c1-9-6-10(17)2-5-13(9)23-8-15(22)19-11-3-4-12-14(7-11)24-16(20-12)21-18/h2-7H,8,18H2,1H3,(H,19,22)(H,20,21). The molecule has 0 aliphatic rings. The highest BCUT2D eigenvalue weighted by Gasteiger charge is 2.08. The highest BCUT2D eigenvalue weighted by atomic mass is 35.5. The van der Waals surface area contributed by atoms with E-state index in [9.17, 15) is 4.79 Å². The average molecular weight is 363 g/mol. The van der Waals surface area contributed by atoms with Crippen molar-refractivity contribution in [2.24, 2.45) is 5.84 Å². The van der Waals surface area contributed by atoms with Crippen LogP contribution in [-0.4, -0.2) is 17.5 Å². The van der Waals surface area contributed by atoms with Crippen molar-refractivity contribution >= 4 is 49.9 Å². The number of hydrazine groups is 1. The zero-order valence-electron chi connectivity index (χ0n) is 12.8. The molecule has 3 rings (SSSR count). The van der Waals surface area contributed by atoms with Crippen molar-refractivity contribution in [2.75, 3.05) is 17.3 Å². The van der Waals surface area contributed by atoms with Crippen LogP contribution in [0.25, 0.3) is 10.2 Å². The number of rotatable bonds is 5. The predicted octanol–water partition coefficient (Wildman–Crippen LogP) is 3.56. The van der Waals surface area contributed by atoms with Gasteiger partial charge in [0.2, 0.25) is 0 Å². The van der Waals surface area contributed by atoms with Gasteiger partial charge in [-0.2, -0.15) is 0 Å². The molecule has 0 atom stereocenters. The Morgan fingerprint density at radius 1 is 1.33 bits per heavy atom. The van der Waals surface area contributed by atoms with Crippen LogP contribution in [0.2, 0.25) is 5.02 Å². The number of carbonyl (C=O) groups excluding carboxylic acids is 1. The number of anilines is 2. The number of nitrogens with zero attached hydrogens (tertiary/aromatic N) is 1. The summed E-state index contributed by atoms with van der Waals surface area (Å²) in [6.07, 6.45) is 0. The van der Waals surface area contributed by atoms with E-state index in [0.29, 0.717) is 21.6 Å². The monoisotopic (exact) mass is 362 g/mol. The van der Waals surface area contributed by atoms with Crippen LogP contribution in [0, 0.1) is 6.92 Å². The second-order valence-corrected chi connectivity index (χ2v) is 6.56. The molecule has 124 valence electrons. The Morgan fingerprint density at radius 2 is 2.17 bits per heavy atom. The number of carbonyl (C=O) groups is 1. The summed E-state index contributed by atoms with van der Waals surface area (Å²) in [5.74, 6) is 5.74. The molecule has 2 aromatic carbocycles. The molecular formula is C16H15ClN4O2S. The van der Waals surface area contributed by atoms with E-state index >= 15 is 0 Å². The van der Waals surface area contributed by atoms with Crippen LogP contribution in [0.5, 0.6) is 5.75 Å². The van der Waals surface area contributed by atoms with Crippen molar-refractivity contribution in [3.8, 4) is 5.75 Å². The van der Waals surface area contributed by atoms with Gasteiger partial charge in [-0.3, -0.25) is 10.2 Å². The summed E-state index contributed by atoms with van der Waals surface area (Å²) in [4.78, 5) is 16.3. The minimum atomic E-state index is -0.245. The molecule has 0 spiro atoms. The fourth-order valence-electron chi connectivity index (χ4n) is 2.18. The fraction of sp³-hybridized carbons (Fsp3) is 0.125. The molecule has 3 aromatic rings. The van der Waals surface area contributed by atoms with Crippen LogP contribution in [0.4, 0.5) is 10.8 Å². The Bertz CT molecular complexity index is 897. The molecule has 1 heterocycles. The first-order valence-corrected chi connectivity index (χ1v) is 8.30. The first-order valence-electron chi connectivity index (χ1n) is 7.11. The number of thiazole rings is 1. The molecule has 1 aromatic heterocycles. The third kappa shape index (κ3) is 3.76. The van der Waals surface area contributed by atoms with Crippen LogP contribution >= 0.6 is 22.9 Å². The van der Waals surface area contributed by atoms with Gasteiger partial charge in [-0.25, -0.2) is 10.8 Å². The van der Waals surface area contributed by atoms with Gasteiger partial charge >= 0.3 is 0 Å². The van der Waals surface area contributed by atoms with E-state index in [1.165, 1.54) is 11.3 Å². The highest BCUT2D eigenvalue weighted by Crippen LogP contribution is 2.28. The smallest absolute Gasteiger partial charge is 0.262 e. The third-order valence-corrected chi connectivity index (χ3v) is 4.48. The lowest BCUT2D eigenvalue weighted by atomic mass is 10.2. The second-order valence-electron chi connectivity index (χ2n) is 5.09. The number of aryl methyl sites for hydroxylation is 1. The summed E-state index contributed by atoms with van der Waals surface area (Å²) in [6, 6.07) is 10.7. The molecule has 0 fully saturated rings. The van der Waals surface area contributed by atoms with Crippen molar-refractivity contribution in [1.82, 2.24) is 4.98 Å². The number of ether oxygens (including phenoxy) is 1. The van der Waals surface area contributed by atoms with E-state index in [2.05, 4.69) is 15.7 Å². The molecule has 0 saturated carbocycles. The first kappa shape index (κ1) is 16.5. The number of nitrogens with two attached hydrogens (primary N) is 1. The van der Waals surface area contributed by atoms with E-state index in [0.717, 1.165) is 15.8 Å². The van der Waals surface area contributed by atoms with E-state index in [1.807, 2.05) is 19.1 Å². The van der Waals surface area contributed by atoms with Gasteiger partial charge in [-0.15, -0.1) is 0 Å². The van der Waals surface area contributed by atoms with Gasteiger partial charge in [-0.05, 0) is 48.9 Å². The number of fused-ring (bicyclic) bond motifs is 1. The molecule has 0 unspecified atom stereocenters. The van der Waals surface area contributed by atoms with Crippen molar-refractivity contribution in [3.05, 3.63) is 47.0 Å². The zero-order chi connectivity index (χ0) is 17.1. The molecule has 0 aliphatic carbocycles. The summed E-state index contributed by atoms with van der Waals surface area (Å²) in [5, 5.41) is 4.05. The van der Waals surface area contributed by atoms with Gasteiger partial charge in [0, 0.05) is 10.7 Å². The number of halogens is 1. The maximum atomic E-state index is 12.1. The van der Waals surface area contributed by atoms with Crippen molar-refractivity contribution < 1.29 is 9.53 Å². The highest BCUT2D eigenvalue weighted by molar-refractivity contribution is 7.22. The summed E-state index contributed by atoms with van der Waals surface area (Å²) < 4.78 is 6.45. The molecule has 0 radical (unpaired) electrons. The molecule has 0 saturated heterocycles. The number of hydrogen-bond donors (Lipinski definition) is 3. The van der Waals surface area contributed by atoms with Gasteiger partial charge in [0.15, 0.2) is 11.7 Å². The molecule has 8 heteroatoms. The van der Waals surface area contributed by atoms with Crippen LogP contribution in [-0.2, 0) is 4.79 Å². The van der Waals surface area contributed by atoms with Gasteiger partial charge in [0.05, 0.1) is 10.2 Å². The zero-order valence-corrected chi connectivity index (χ0v) is 14.4. The summed E-state index contributed by atoms with van der Waals surface area (Å²) in [6.45, 7) is 1.79. The molecule has 4 N–H and O–H groups in total. The van der Waals surface area contributed by atoms with Crippen molar-refractivity contribution in [2.45, 2.75) is 6.92 Å². The topological polar surface area (TPSA) is 89.3 Å². The largest absolute Gasteiger partial charge is 0.483 e. The van der Waals surface area contributed by atoms with Gasteiger partial charge < -0.3 is 10.1 Å². The molecule has 0 aliphatic heterocycles. The lowest BCUT2D eigenvalue weighted by Crippen LogP contribution is -2.20. The first-order chi connectivity index (χ1) is 11.5. The number of aromatic nitrogens is 1. The van der Waals surface area contributed by atoms with E-state index < -0.39 is 0 Å². The Labute approximate surface area is 147 Å². The van der Waals surface area contributed by atoms with Crippen LogP contribution in [0.15, 0.2) is 36.4 Å². The number of amides is 1. The normalized spacial score (nSPS) is 10.6. The van der Waals surface area contributed by atoms with Crippen LogP contribution < -0.4 is 21.3 Å². The van der Waals surface area contributed by atoms with Gasteiger partial charge in [0.1, 0.15) is 5.75 Å². The molecular weight excluding hydrogens is 348 g/mol. The predicted molar refractivity (Wildman–Crippen MR) is 97.7 cm³/mol. The Kier molecular flexibility index (Phi) is 4.84. The third-order valence-electron chi connectivity index (χ3n) is 3.29. The van der Waals surface area contributed by atoms with Gasteiger partial charge in [-0.1, -0.05) is 22.9 Å². The van der Waals surface area contributed by atoms with Gasteiger partial charge in [0.25, 0.3) is 5.91 Å². The molecule has 6 nitrogen and oxygen atoms in total. The molecule has 1 amide bonds. The SMILES string of the molecule is Cc1cc(Cl)ccc1OCC(=O)Nc1ccc2nc(NN)sc2c1. The minimum Gasteiger partial charge on any atom is -0.483 e. The number of nitrogens with one attached hydrogen (secondary N) is 2. The summed E-state index contributed by atoms with van der Waals surface area (Å²) in [5.41, 5.74) is 4.89. The van der Waals surface area contributed by atoms with E-state index in [-0.39, 0.29) is 12.5 Å². The number of hydrogen-bond acceptors (Lipinski definition) is 6. The van der Waals surface area contributed by atoms with E-state index in [4.69, 9.17) is 22.2 Å². The Hall–Kier alpha value is -2.35. The second kappa shape index (κ2) is 7.04. The molecule has 24 heavy (non-hydrogen) atoms. The Morgan fingerprint density at radius 3 is 2.92 bits per heavy atom. The maximum Gasteiger partial charge on any atom is 0.262 e. The van der Waals surface area contributed by atoms with Crippen molar-refractivity contribution in [3.63, 3.8) is 0 Å². The molecule has 0 bridgehead atoms. The maximum absolute atomic E-state index is 12.1. The van der Waals surface area contributed by atoms with Crippen LogP contribution in [0.1, 0.15) is 5.56 Å². The average Bonchev–Trinajstić information content (AvgIpc) is 2.96. The minimum absolute atomic E-state index is 0.0845. The van der Waals surface area contributed by atoms with Crippen LogP contribution in [0.3, 0.4) is 0 Å². The lowest BCUT2D eigenvalue weighted by Gasteiger charge is -2.10. The summed E-state index contributed by atoms with van der Waals surface area (Å²) >= 11 is 7.31. The Balaban J connectivity index is 1.64. The van der Waals surface area contributed by atoms with Crippen molar-refractivity contribution in [1.29, 1.82) is 0 Å². The lowest BCUT2D eigenvalue weighted by molar-refractivity contribution is -0.118. The quantitative estimate of drug-likeness (QED) is 0.477. The fourth-order valence-corrected chi connectivity index (χ4v) is 3.22. The summed E-state index contributed by atoms with van der Waals surface area (Å²) in [7, 11) is 0. The number of nitrogen functional groups attached to an aromatic ring is 1. The number of benzene rings is 2.